The molecule has 2 aliphatic heterocycles. The number of rotatable bonds is 8. The minimum atomic E-state index is -3.16. The molecule has 1 aliphatic carbocycles. The highest BCUT2D eigenvalue weighted by Gasteiger charge is 2.55. The van der Waals surface area contributed by atoms with E-state index in [0.717, 1.165) is 19.0 Å². The molecular formula is C25H31F3N6O4. The van der Waals surface area contributed by atoms with E-state index in [1.54, 1.807) is 9.80 Å². The molecule has 3 N–H and O–H groups in total. The molecule has 0 radical (unpaired) electrons. The molecule has 38 heavy (non-hydrogen) atoms. The van der Waals surface area contributed by atoms with Crippen molar-refractivity contribution in [3.8, 4) is 17.1 Å². The molecule has 2 aromatic heterocycles. The number of aromatic nitrogens is 3. The van der Waals surface area contributed by atoms with E-state index in [4.69, 9.17) is 9.84 Å². The zero-order valence-electron chi connectivity index (χ0n) is 21.1. The summed E-state index contributed by atoms with van der Waals surface area (Å²) in [5.74, 6) is -4.18. The van der Waals surface area contributed by atoms with Crippen molar-refractivity contribution in [2.45, 2.75) is 49.6 Å². The number of ether oxygens (including phenoxy) is 1. The van der Waals surface area contributed by atoms with E-state index in [2.05, 4.69) is 20.5 Å². The highest BCUT2D eigenvalue weighted by Crippen LogP contribution is 2.50. The molecule has 2 atom stereocenters. The summed E-state index contributed by atoms with van der Waals surface area (Å²) in [6.45, 7) is -0.602. The second-order valence-electron chi connectivity index (χ2n) is 10.5. The van der Waals surface area contributed by atoms with E-state index in [-0.39, 0.29) is 40.9 Å². The van der Waals surface area contributed by atoms with Crippen LogP contribution in [-0.2, 0) is 4.79 Å². The molecule has 2 amide bonds. The highest BCUT2D eigenvalue weighted by molar-refractivity contribution is 5.94. The van der Waals surface area contributed by atoms with Crippen LogP contribution in [0, 0.1) is 11.7 Å². The summed E-state index contributed by atoms with van der Waals surface area (Å²) in [6, 6.07) is 2.70. The second-order valence-corrected chi connectivity index (χ2v) is 10.5. The van der Waals surface area contributed by atoms with Crippen LogP contribution in [0.5, 0.6) is 5.88 Å². The van der Waals surface area contributed by atoms with Crippen molar-refractivity contribution in [3.63, 3.8) is 0 Å². The van der Waals surface area contributed by atoms with Crippen LogP contribution in [0.25, 0.3) is 11.3 Å². The van der Waals surface area contributed by atoms with Gasteiger partial charge in [0, 0.05) is 48.8 Å². The Balaban J connectivity index is 1.19. The number of hydrogen-bond acceptors (Lipinski definition) is 7. The van der Waals surface area contributed by atoms with Gasteiger partial charge in [-0.2, -0.15) is 5.10 Å². The van der Waals surface area contributed by atoms with Crippen LogP contribution in [0.4, 0.5) is 13.2 Å². The number of carbonyl (C=O) groups excluding carboxylic acids is 2. The topological polar surface area (TPSA) is 124 Å². The number of methoxy groups -OCH3 is 1. The van der Waals surface area contributed by atoms with Gasteiger partial charge >= 0.3 is 0 Å². The quantitative estimate of drug-likeness (QED) is 0.470. The number of alkyl halides is 2. The Kier molecular flexibility index (Phi) is 7.07. The van der Waals surface area contributed by atoms with E-state index in [9.17, 15) is 22.8 Å². The van der Waals surface area contributed by atoms with Gasteiger partial charge in [0.25, 0.3) is 11.8 Å². The number of aliphatic hydroxyl groups is 1. The van der Waals surface area contributed by atoms with Crippen molar-refractivity contribution in [1.82, 2.24) is 30.3 Å². The summed E-state index contributed by atoms with van der Waals surface area (Å²) in [7, 11) is 1.42. The Labute approximate surface area is 217 Å². The smallest absolute Gasteiger partial charge is 0.283 e. The van der Waals surface area contributed by atoms with E-state index < -0.39 is 30.4 Å². The number of hydrogen-bond donors (Lipinski definition) is 3. The Morgan fingerprint density at radius 1 is 1.29 bits per heavy atom. The molecule has 1 saturated carbocycles. The number of pyridine rings is 1. The van der Waals surface area contributed by atoms with E-state index in [1.165, 1.54) is 19.2 Å². The van der Waals surface area contributed by atoms with Gasteiger partial charge in [-0.3, -0.25) is 19.6 Å². The summed E-state index contributed by atoms with van der Waals surface area (Å²) < 4.78 is 46.4. The first kappa shape index (κ1) is 26.4. The minimum Gasteiger partial charge on any atom is -0.481 e. The first-order valence-corrected chi connectivity index (χ1v) is 12.7. The normalized spacial score (nSPS) is 23.0. The summed E-state index contributed by atoms with van der Waals surface area (Å²) >= 11 is 0. The lowest BCUT2D eigenvalue weighted by Gasteiger charge is -2.39. The number of nitrogens with one attached hydrogen (secondary N) is 2. The largest absolute Gasteiger partial charge is 0.481 e. The zero-order chi connectivity index (χ0) is 27.1. The molecule has 10 nitrogen and oxygen atoms in total. The molecule has 0 aromatic carbocycles. The molecule has 3 fully saturated rings. The SMILES string of the molecule is COc1cc(-c2cc(C(=O)N3CC[C@H](C(=O)NC4CCN(CC(F)(F)CO)C4)CC34CC4)n[nH]2)c(F)cn1. The van der Waals surface area contributed by atoms with Crippen LogP contribution in [0.2, 0.25) is 0 Å². The van der Waals surface area contributed by atoms with Gasteiger partial charge in [0.2, 0.25) is 11.8 Å². The third-order valence-electron chi connectivity index (χ3n) is 7.77. The first-order chi connectivity index (χ1) is 18.1. The second kappa shape index (κ2) is 10.2. The van der Waals surface area contributed by atoms with Gasteiger partial charge in [0.15, 0.2) is 11.5 Å². The van der Waals surface area contributed by atoms with Gasteiger partial charge in [-0.15, -0.1) is 0 Å². The molecule has 0 bridgehead atoms. The molecule has 2 saturated heterocycles. The van der Waals surface area contributed by atoms with Gasteiger partial charge in [0.1, 0.15) is 6.61 Å². The molecule has 3 aliphatic rings. The number of aliphatic hydroxyl groups excluding tert-OH is 1. The molecule has 13 heteroatoms. The lowest BCUT2D eigenvalue weighted by molar-refractivity contribution is -0.127. The molecule has 2 aromatic rings. The lowest BCUT2D eigenvalue weighted by atomic mass is 9.87. The minimum absolute atomic E-state index is 0.117. The van der Waals surface area contributed by atoms with Crippen LogP contribution in [0.3, 0.4) is 0 Å². The number of nitrogens with zero attached hydrogens (tertiary/aromatic N) is 4. The van der Waals surface area contributed by atoms with Gasteiger partial charge in [-0.25, -0.2) is 18.2 Å². The number of halogens is 3. The average molecular weight is 537 g/mol. The maximum absolute atomic E-state index is 14.3. The highest BCUT2D eigenvalue weighted by atomic mass is 19.3. The fourth-order valence-corrected chi connectivity index (χ4v) is 5.59. The summed E-state index contributed by atoms with van der Waals surface area (Å²) in [5, 5.41) is 18.6. The number of piperidine rings is 1. The first-order valence-electron chi connectivity index (χ1n) is 12.7. The molecule has 206 valence electrons. The Bertz CT molecular complexity index is 1200. The Morgan fingerprint density at radius 2 is 2.08 bits per heavy atom. The predicted molar refractivity (Wildman–Crippen MR) is 129 cm³/mol. The van der Waals surface area contributed by atoms with Gasteiger partial charge < -0.3 is 20.1 Å². The van der Waals surface area contributed by atoms with Gasteiger partial charge in [0.05, 0.1) is 25.5 Å². The number of amides is 2. The van der Waals surface area contributed by atoms with Crippen LogP contribution < -0.4 is 10.1 Å². The summed E-state index contributed by atoms with van der Waals surface area (Å²) in [4.78, 5) is 33.5. The fraction of sp³-hybridized carbons (Fsp3) is 0.600. The van der Waals surface area contributed by atoms with Gasteiger partial charge in [-0.1, -0.05) is 0 Å². The molecular weight excluding hydrogens is 505 g/mol. The van der Waals surface area contributed by atoms with Crippen LogP contribution in [-0.4, -0.2) is 99.3 Å². The van der Waals surface area contributed by atoms with E-state index in [0.29, 0.717) is 44.6 Å². The summed E-state index contributed by atoms with van der Waals surface area (Å²) in [5.41, 5.74) is 0.264. The third-order valence-corrected chi connectivity index (χ3v) is 7.77. The number of aromatic amines is 1. The van der Waals surface area contributed by atoms with Crippen LogP contribution >= 0.6 is 0 Å². The van der Waals surface area contributed by atoms with E-state index in [1.807, 2.05) is 0 Å². The Hall–Kier alpha value is -3.19. The molecule has 1 unspecified atom stereocenters. The number of likely N-dealkylation sites (tertiary alicyclic amines) is 2. The van der Waals surface area contributed by atoms with Crippen molar-refractivity contribution in [1.29, 1.82) is 0 Å². The standard InChI is InChI=1S/C25H31F3N6O4/c1-38-21-8-17(18(26)11-29-21)19-9-20(32-31-19)23(37)34-7-2-15(10-24(34)4-5-24)22(36)30-16-3-6-33(12-16)13-25(27,28)14-35/h8-9,11,15-16,35H,2-7,10,12-14H2,1H3,(H,30,36)(H,31,32)/t15-,16?/m0/s1. The number of H-pyrrole nitrogens is 1. The third kappa shape index (κ3) is 5.35. The maximum Gasteiger partial charge on any atom is 0.283 e. The van der Waals surface area contributed by atoms with Crippen molar-refractivity contribution < 1.29 is 32.6 Å². The summed E-state index contributed by atoms with van der Waals surface area (Å²) in [6.07, 6.45) is 4.18. The average Bonchev–Trinajstić information content (AvgIpc) is 3.28. The fourth-order valence-electron chi connectivity index (χ4n) is 5.59. The molecule has 1 spiro atoms. The predicted octanol–water partition coefficient (Wildman–Crippen LogP) is 1.82. The molecule has 5 rings (SSSR count). The lowest BCUT2D eigenvalue weighted by Crippen LogP contribution is -2.52. The van der Waals surface area contributed by atoms with Crippen molar-refractivity contribution in [2.75, 3.05) is 39.9 Å². The Morgan fingerprint density at radius 3 is 2.79 bits per heavy atom. The van der Waals surface area contributed by atoms with Crippen molar-refractivity contribution >= 4 is 11.8 Å². The van der Waals surface area contributed by atoms with Gasteiger partial charge in [-0.05, 0) is 38.2 Å². The molecule has 4 heterocycles. The number of carbonyl (C=O) groups is 2. The maximum atomic E-state index is 14.3. The van der Waals surface area contributed by atoms with Crippen molar-refractivity contribution in [2.24, 2.45) is 5.92 Å². The zero-order valence-corrected chi connectivity index (χ0v) is 21.1. The van der Waals surface area contributed by atoms with Crippen molar-refractivity contribution in [3.05, 3.63) is 29.8 Å². The van der Waals surface area contributed by atoms with E-state index >= 15 is 0 Å². The van der Waals surface area contributed by atoms with Crippen LogP contribution in [0.15, 0.2) is 18.3 Å². The monoisotopic (exact) mass is 536 g/mol. The van der Waals surface area contributed by atoms with Crippen LogP contribution in [0.1, 0.15) is 42.6 Å².